The monoisotopic (exact) mass is 206 g/mol. The van der Waals surface area contributed by atoms with Gasteiger partial charge in [-0.2, -0.15) is 0 Å². The summed E-state index contributed by atoms with van der Waals surface area (Å²) in [4.78, 5) is 0. The molecule has 0 fully saturated rings. The van der Waals surface area contributed by atoms with Crippen LogP contribution in [0.5, 0.6) is 0 Å². The van der Waals surface area contributed by atoms with Gasteiger partial charge in [0, 0.05) is 0 Å². The van der Waals surface area contributed by atoms with E-state index in [0.29, 0.717) is 0 Å². The van der Waals surface area contributed by atoms with Crippen molar-refractivity contribution in [2.75, 3.05) is 0 Å². The van der Waals surface area contributed by atoms with Crippen molar-refractivity contribution in [2.24, 2.45) is 11.8 Å². The first-order valence-corrected chi connectivity index (χ1v) is 6.10. The lowest BCUT2D eigenvalue weighted by Crippen LogP contribution is -1.92. The lowest BCUT2D eigenvalue weighted by atomic mass is 10.0. The van der Waals surface area contributed by atoms with Crippen molar-refractivity contribution in [3.63, 3.8) is 0 Å². The van der Waals surface area contributed by atoms with Crippen LogP contribution in [0.1, 0.15) is 46.6 Å². The van der Waals surface area contributed by atoms with Crippen LogP contribution in [0.15, 0.2) is 30.3 Å². The zero-order valence-electron chi connectivity index (χ0n) is 11.0. The summed E-state index contributed by atoms with van der Waals surface area (Å²) in [6.45, 7) is 11.1. The highest BCUT2D eigenvalue weighted by Gasteiger charge is 1.94. The van der Waals surface area contributed by atoms with E-state index in [-0.39, 0.29) is 0 Å². The Morgan fingerprint density at radius 1 is 0.867 bits per heavy atom. The zero-order chi connectivity index (χ0) is 11.7. The lowest BCUT2D eigenvalue weighted by Gasteiger charge is -2.02. The van der Waals surface area contributed by atoms with Gasteiger partial charge in [-0.05, 0) is 23.8 Å². The largest absolute Gasteiger partial charge is 0.0651 e. The summed E-state index contributed by atoms with van der Waals surface area (Å²) in [6, 6.07) is 10.6. The molecule has 0 amide bonds. The smallest absolute Gasteiger partial charge is 0.0256 e. The first-order valence-electron chi connectivity index (χ1n) is 6.10. The van der Waals surface area contributed by atoms with Crippen molar-refractivity contribution >= 4 is 0 Å². The molecule has 0 aliphatic heterocycles. The quantitative estimate of drug-likeness (QED) is 0.657. The Hall–Kier alpha value is -0.780. The zero-order valence-corrected chi connectivity index (χ0v) is 11.0. The molecule has 1 aromatic carbocycles. The molecule has 0 atom stereocenters. The SMILES string of the molecule is CC(C)Cc1ccccc1.CCC(C)C. The van der Waals surface area contributed by atoms with E-state index < -0.39 is 0 Å². The van der Waals surface area contributed by atoms with Gasteiger partial charge in [0.1, 0.15) is 0 Å². The summed E-state index contributed by atoms with van der Waals surface area (Å²) in [5.74, 6) is 1.65. The fraction of sp³-hybridized carbons (Fsp3) is 0.600. The van der Waals surface area contributed by atoms with Gasteiger partial charge in [-0.3, -0.25) is 0 Å². The third-order valence-corrected chi connectivity index (χ3v) is 2.30. The van der Waals surface area contributed by atoms with E-state index in [9.17, 15) is 0 Å². The maximum absolute atomic E-state index is 2.24. The average Bonchev–Trinajstić information content (AvgIpc) is 2.19. The minimum atomic E-state index is 0.766. The summed E-state index contributed by atoms with van der Waals surface area (Å²) in [7, 11) is 0. The summed E-state index contributed by atoms with van der Waals surface area (Å²) in [5.41, 5.74) is 1.44. The molecule has 0 aliphatic rings. The van der Waals surface area contributed by atoms with Crippen molar-refractivity contribution in [1.82, 2.24) is 0 Å². The van der Waals surface area contributed by atoms with E-state index >= 15 is 0 Å². The molecule has 0 radical (unpaired) electrons. The topological polar surface area (TPSA) is 0 Å². The first-order chi connectivity index (χ1) is 7.06. The second kappa shape index (κ2) is 8.52. The third-order valence-electron chi connectivity index (χ3n) is 2.30. The Labute approximate surface area is 95.7 Å². The van der Waals surface area contributed by atoms with E-state index in [1.807, 2.05) is 0 Å². The van der Waals surface area contributed by atoms with Gasteiger partial charge in [0.15, 0.2) is 0 Å². The van der Waals surface area contributed by atoms with E-state index in [4.69, 9.17) is 0 Å². The number of hydrogen-bond donors (Lipinski definition) is 0. The molecule has 0 N–H and O–H groups in total. The molecule has 0 heteroatoms. The van der Waals surface area contributed by atoms with Crippen LogP contribution < -0.4 is 0 Å². The minimum absolute atomic E-state index is 0.766. The van der Waals surface area contributed by atoms with Crippen molar-refractivity contribution in [1.29, 1.82) is 0 Å². The van der Waals surface area contributed by atoms with Crippen molar-refractivity contribution < 1.29 is 0 Å². The van der Waals surface area contributed by atoms with E-state index in [2.05, 4.69) is 65.0 Å². The Morgan fingerprint density at radius 3 is 1.67 bits per heavy atom. The van der Waals surface area contributed by atoms with Crippen molar-refractivity contribution in [2.45, 2.75) is 47.5 Å². The summed E-state index contributed by atoms with van der Waals surface area (Å²) < 4.78 is 0. The standard InChI is InChI=1S/C10H14.C5H12/c1-9(2)8-10-6-4-3-5-7-10;1-4-5(2)3/h3-7,9H,8H2,1-2H3;5H,4H2,1-3H3. The van der Waals surface area contributed by atoms with Crippen LogP contribution in [0.3, 0.4) is 0 Å². The number of benzene rings is 1. The van der Waals surface area contributed by atoms with Gasteiger partial charge in [0.05, 0.1) is 0 Å². The fourth-order valence-corrected chi connectivity index (χ4v) is 1.09. The van der Waals surface area contributed by atoms with Crippen LogP contribution >= 0.6 is 0 Å². The van der Waals surface area contributed by atoms with Crippen molar-refractivity contribution in [3.05, 3.63) is 35.9 Å². The highest BCUT2D eigenvalue weighted by atomic mass is 14.0. The summed E-state index contributed by atoms with van der Waals surface area (Å²) in [6.07, 6.45) is 2.50. The second-order valence-corrected chi connectivity index (χ2v) is 4.89. The highest BCUT2D eigenvalue weighted by molar-refractivity contribution is 5.14. The molecule has 0 saturated heterocycles. The van der Waals surface area contributed by atoms with Crippen molar-refractivity contribution in [3.8, 4) is 0 Å². The predicted octanol–water partition coefficient (Wildman–Crippen LogP) is 4.94. The summed E-state index contributed by atoms with van der Waals surface area (Å²) in [5, 5.41) is 0. The van der Waals surface area contributed by atoms with Gasteiger partial charge in [-0.25, -0.2) is 0 Å². The number of rotatable bonds is 3. The van der Waals surface area contributed by atoms with Gasteiger partial charge in [0.2, 0.25) is 0 Å². The molecule has 86 valence electrons. The van der Waals surface area contributed by atoms with Crippen LogP contribution in [0.4, 0.5) is 0 Å². The van der Waals surface area contributed by atoms with Gasteiger partial charge in [0.25, 0.3) is 0 Å². The van der Waals surface area contributed by atoms with Gasteiger partial charge in [-0.1, -0.05) is 71.4 Å². The van der Waals surface area contributed by atoms with E-state index in [0.717, 1.165) is 11.8 Å². The highest BCUT2D eigenvalue weighted by Crippen LogP contribution is 2.06. The molecular weight excluding hydrogens is 180 g/mol. The van der Waals surface area contributed by atoms with Gasteiger partial charge in [-0.15, -0.1) is 0 Å². The average molecular weight is 206 g/mol. The van der Waals surface area contributed by atoms with Gasteiger partial charge >= 0.3 is 0 Å². The fourth-order valence-electron chi connectivity index (χ4n) is 1.09. The van der Waals surface area contributed by atoms with Gasteiger partial charge < -0.3 is 0 Å². The maximum atomic E-state index is 2.24. The molecule has 0 spiro atoms. The third kappa shape index (κ3) is 9.52. The molecule has 0 bridgehead atoms. The van der Waals surface area contributed by atoms with Crippen LogP contribution in [0, 0.1) is 11.8 Å². The Balaban J connectivity index is 0.000000336. The van der Waals surface area contributed by atoms with E-state index in [1.54, 1.807) is 0 Å². The molecule has 1 aromatic rings. The molecule has 0 aliphatic carbocycles. The number of hydrogen-bond acceptors (Lipinski definition) is 0. The van der Waals surface area contributed by atoms with Crippen LogP contribution in [-0.2, 0) is 6.42 Å². The molecule has 0 aromatic heterocycles. The van der Waals surface area contributed by atoms with Crippen LogP contribution in [0.2, 0.25) is 0 Å². The van der Waals surface area contributed by atoms with Crippen LogP contribution in [0.25, 0.3) is 0 Å². The predicted molar refractivity (Wildman–Crippen MR) is 70.1 cm³/mol. The summed E-state index contributed by atoms with van der Waals surface area (Å²) >= 11 is 0. The minimum Gasteiger partial charge on any atom is -0.0651 e. The maximum Gasteiger partial charge on any atom is -0.0256 e. The molecule has 0 saturated carbocycles. The molecule has 0 nitrogen and oxygen atoms in total. The normalized spacial score (nSPS) is 10.1. The lowest BCUT2D eigenvalue weighted by molar-refractivity contribution is 0.626. The molecule has 0 heterocycles. The van der Waals surface area contributed by atoms with E-state index in [1.165, 1.54) is 18.4 Å². The molecule has 0 unspecified atom stereocenters. The Kier molecular flexibility index (Phi) is 8.08. The Morgan fingerprint density at radius 2 is 1.33 bits per heavy atom. The molecule has 15 heavy (non-hydrogen) atoms. The Bertz CT molecular complexity index is 221. The second-order valence-electron chi connectivity index (χ2n) is 4.89. The molecule has 1 rings (SSSR count). The first kappa shape index (κ1) is 14.2. The van der Waals surface area contributed by atoms with Crippen LogP contribution in [-0.4, -0.2) is 0 Å². The molecular formula is C15H26.